The van der Waals surface area contributed by atoms with E-state index in [1.807, 2.05) is 0 Å². The molecule has 0 bridgehead atoms. The van der Waals surface area contributed by atoms with Gasteiger partial charge in [-0.1, -0.05) is 6.92 Å². The van der Waals surface area contributed by atoms with Gasteiger partial charge in [0, 0.05) is 23.5 Å². The number of aromatic nitrogens is 1. The van der Waals surface area contributed by atoms with Crippen LogP contribution in [-0.2, 0) is 0 Å². The maximum absolute atomic E-state index is 13.4. The summed E-state index contributed by atoms with van der Waals surface area (Å²) in [4.78, 5) is 27.6. The van der Waals surface area contributed by atoms with E-state index in [1.165, 1.54) is 4.90 Å². The summed E-state index contributed by atoms with van der Waals surface area (Å²) in [5.74, 6) is -3.68. The Bertz CT molecular complexity index is 1340. The van der Waals surface area contributed by atoms with Crippen molar-refractivity contribution in [2.45, 2.75) is 46.0 Å². The molecule has 1 saturated heterocycles. The minimum Gasteiger partial charge on any atom is -0.506 e. The number of aromatic hydroxyl groups is 1. The van der Waals surface area contributed by atoms with Crippen molar-refractivity contribution in [1.82, 2.24) is 14.8 Å². The molecule has 3 heterocycles. The van der Waals surface area contributed by atoms with Crippen LogP contribution in [0.1, 0.15) is 71.4 Å². The molecule has 1 aliphatic rings. The smallest absolute Gasteiger partial charge is 0.268 e. The second kappa shape index (κ2) is 8.44. The number of carbonyl (C=O) groups excluding carboxylic acids is 1. The van der Waals surface area contributed by atoms with Crippen molar-refractivity contribution in [3.8, 4) is 5.75 Å². The molecule has 0 spiro atoms. The van der Waals surface area contributed by atoms with Crippen molar-refractivity contribution >= 4 is 27.5 Å². The zero-order valence-electron chi connectivity index (χ0n) is 27.0. The summed E-state index contributed by atoms with van der Waals surface area (Å²) in [5.41, 5.74) is -2.82. The molecule has 0 aliphatic carbocycles. The Hall–Kier alpha value is -1.86. The molecule has 1 fully saturated rings. The van der Waals surface area contributed by atoms with Crippen molar-refractivity contribution in [1.29, 1.82) is 0 Å². The van der Waals surface area contributed by atoms with E-state index in [0.29, 0.717) is 28.7 Å². The average molecular weight is 404 g/mol. The van der Waals surface area contributed by atoms with Crippen LogP contribution in [0.5, 0.6) is 5.75 Å². The van der Waals surface area contributed by atoms with Gasteiger partial charge in [0.05, 0.1) is 9.50 Å². The van der Waals surface area contributed by atoms with Gasteiger partial charge in [0.2, 0.25) is 0 Å². The first-order chi connectivity index (χ1) is 17.5. The number of nitrogens with one attached hydrogen (secondary N) is 1. The van der Waals surface area contributed by atoms with Gasteiger partial charge in [-0.05, 0) is 69.9 Å². The lowest BCUT2D eigenvalue weighted by Gasteiger charge is -2.30. The number of thiophene rings is 1. The van der Waals surface area contributed by atoms with Gasteiger partial charge in [0.15, 0.2) is 1.41 Å². The third-order valence-electron chi connectivity index (χ3n) is 4.36. The van der Waals surface area contributed by atoms with E-state index in [-0.39, 0.29) is 18.4 Å². The van der Waals surface area contributed by atoms with E-state index < -0.39 is 82.6 Å². The number of carbonyl (C=O) groups is 1. The Balaban J connectivity index is 2.10. The average Bonchev–Trinajstić information content (AvgIpc) is 3.05. The molecule has 1 unspecified atom stereocenters. The van der Waals surface area contributed by atoms with E-state index in [9.17, 15) is 14.7 Å². The normalized spacial score (nSPS) is 27.6. The number of rotatable bonds is 6. The Kier molecular flexibility index (Phi) is 2.99. The number of hydrogen-bond donors (Lipinski definition) is 2. The maximum Gasteiger partial charge on any atom is 0.268 e. The predicted molar refractivity (Wildman–Crippen MR) is 110 cm³/mol. The molecule has 0 aromatic carbocycles. The molecule has 3 rings (SSSR count). The second-order valence-corrected chi connectivity index (χ2v) is 7.11. The van der Waals surface area contributed by atoms with Gasteiger partial charge >= 0.3 is 0 Å². The molecule has 2 N–H and O–H groups in total. The van der Waals surface area contributed by atoms with Crippen LogP contribution in [0.2, 0.25) is 1.41 Å². The van der Waals surface area contributed by atoms with Crippen LogP contribution < -0.4 is 10.9 Å². The van der Waals surface area contributed by atoms with Gasteiger partial charge in [-0.15, -0.1) is 11.3 Å². The van der Waals surface area contributed by atoms with Gasteiger partial charge in [0.25, 0.3) is 11.5 Å². The minimum absolute atomic E-state index is 0.133. The zero-order chi connectivity index (χ0) is 30.1. The highest BCUT2D eigenvalue weighted by Gasteiger charge is 2.23. The van der Waals surface area contributed by atoms with Crippen LogP contribution in [0.3, 0.4) is 0 Å². The number of likely N-dealkylation sites (tertiary alicyclic amines) is 1. The summed E-state index contributed by atoms with van der Waals surface area (Å²) in [6, 6.07) is -3.42. The quantitative estimate of drug-likeness (QED) is 0.777. The number of pyridine rings is 1. The molecule has 0 radical (unpaired) electrons. The van der Waals surface area contributed by atoms with Crippen LogP contribution >= 0.6 is 11.3 Å². The van der Waals surface area contributed by atoms with Crippen LogP contribution in [0.25, 0.3) is 10.2 Å². The van der Waals surface area contributed by atoms with Crippen LogP contribution in [-0.4, -0.2) is 46.6 Å². The molecular formula is C20H29N3O3S. The first kappa shape index (κ1) is 9.56. The highest BCUT2D eigenvalue weighted by molar-refractivity contribution is 7.16. The summed E-state index contributed by atoms with van der Waals surface area (Å²) in [6.07, 6.45) is -0.405. The first-order valence-electron chi connectivity index (χ1n) is 14.4. The Morgan fingerprint density at radius 3 is 3.11 bits per heavy atom. The van der Waals surface area contributed by atoms with Gasteiger partial charge in [-0.3, -0.25) is 14.2 Å². The van der Waals surface area contributed by atoms with Gasteiger partial charge in [-0.25, -0.2) is 0 Å². The second-order valence-electron chi connectivity index (χ2n) is 6.31. The lowest BCUT2D eigenvalue weighted by atomic mass is 9.99. The third-order valence-corrected chi connectivity index (χ3v) is 5.14. The predicted octanol–water partition coefficient (Wildman–Crippen LogP) is 3.20. The first-order valence-corrected chi connectivity index (χ1v) is 9.24. The topological polar surface area (TPSA) is 74.6 Å². The lowest BCUT2D eigenvalue weighted by molar-refractivity contribution is 0.0946. The maximum atomic E-state index is 13.4. The van der Waals surface area contributed by atoms with Crippen molar-refractivity contribution in [2.24, 2.45) is 5.89 Å². The van der Waals surface area contributed by atoms with Gasteiger partial charge < -0.3 is 15.3 Å². The summed E-state index contributed by atoms with van der Waals surface area (Å²) in [7, 11) is 0. The van der Waals surface area contributed by atoms with Crippen LogP contribution in [0.4, 0.5) is 0 Å². The summed E-state index contributed by atoms with van der Waals surface area (Å²) < 4.78 is 97.5. The van der Waals surface area contributed by atoms with E-state index in [0.717, 1.165) is 6.92 Å². The minimum atomic E-state index is -3.16. The van der Waals surface area contributed by atoms with E-state index in [1.54, 1.807) is 6.92 Å². The Labute approximate surface area is 180 Å². The molecule has 1 atom stereocenters. The van der Waals surface area contributed by atoms with E-state index >= 15 is 0 Å². The SMILES string of the molecule is [2H]c1sc2c(c1[2H])c(O)c(C(=O)N([2H])C([2H])([2H])CC([2H])([2H])N1CCC([2H])(C)CC1)c(=O)n2C([2H])(C)C([2H])([2H])[2H]. The third kappa shape index (κ3) is 4.19. The van der Waals surface area contributed by atoms with Crippen molar-refractivity contribution in [3.63, 3.8) is 0 Å². The molecule has 1 aliphatic heterocycles. The molecule has 7 heteroatoms. The highest BCUT2D eigenvalue weighted by atomic mass is 32.1. The number of nitrogens with zero attached hydrogens (tertiary/aromatic N) is 2. The lowest BCUT2D eigenvalue weighted by Crippen LogP contribution is -2.37. The molecule has 2 aromatic heterocycles. The van der Waals surface area contributed by atoms with Crippen LogP contribution in [0.15, 0.2) is 16.2 Å². The largest absolute Gasteiger partial charge is 0.506 e. The fraction of sp³-hybridized carbons (Fsp3) is 0.600. The fourth-order valence-corrected chi connectivity index (χ4v) is 3.65. The molecule has 0 saturated carbocycles. The van der Waals surface area contributed by atoms with E-state index in [2.05, 4.69) is 0 Å². The van der Waals surface area contributed by atoms with Crippen molar-refractivity contribution in [2.75, 3.05) is 26.1 Å². The number of amides is 1. The molecule has 27 heavy (non-hydrogen) atoms. The Morgan fingerprint density at radius 1 is 1.67 bits per heavy atom. The molecule has 148 valence electrons. The van der Waals surface area contributed by atoms with E-state index in [4.69, 9.17) is 16.5 Å². The molecule has 6 nitrogen and oxygen atoms in total. The van der Waals surface area contributed by atoms with Crippen molar-refractivity contribution in [3.05, 3.63) is 27.3 Å². The number of hydrogen-bond acceptors (Lipinski definition) is 5. The van der Waals surface area contributed by atoms with Crippen molar-refractivity contribution < 1.29 is 26.4 Å². The fourth-order valence-electron chi connectivity index (χ4n) is 2.84. The molecular weight excluding hydrogens is 362 g/mol. The highest BCUT2D eigenvalue weighted by Crippen LogP contribution is 2.31. The van der Waals surface area contributed by atoms with Gasteiger partial charge in [0.1, 0.15) is 16.1 Å². The summed E-state index contributed by atoms with van der Waals surface area (Å²) in [5, 5.41) is 9.41. The zero-order valence-corrected chi connectivity index (χ0v) is 15.9. The van der Waals surface area contributed by atoms with Crippen LogP contribution in [0, 0.1) is 5.89 Å². The Morgan fingerprint density at radius 2 is 2.41 bits per heavy atom. The summed E-state index contributed by atoms with van der Waals surface area (Å²) >= 11 is 0.432. The molecule has 1 amide bonds. The number of fused-ring (bicyclic) bond motifs is 1. The molecule has 2 aromatic rings. The number of piperidine rings is 1. The summed E-state index contributed by atoms with van der Waals surface area (Å²) in [6.45, 7) is -5.77. The standard InChI is InChI=1S/C20H29N3O3S/c1-13(2)23-19(26)16(17(24)15-7-12-27-20(15)23)18(25)21-8-4-9-22-10-5-14(3)6-11-22/h7,12-14,24H,4-6,8-11H2,1-3H3,(H,21,25)/i1D3,7D,8D2,9D2,12D,13D,14D/hD. The monoisotopic (exact) mass is 403 g/mol. The van der Waals surface area contributed by atoms with Gasteiger partial charge in [-0.2, -0.15) is 0 Å².